The summed E-state index contributed by atoms with van der Waals surface area (Å²) < 4.78 is 6.23. The van der Waals surface area contributed by atoms with Crippen molar-refractivity contribution in [1.82, 2.24) is 9.97 Å². The van der Waals surface area contributed by atoms with Crippen LogP contribution in [0.5, 0.6) is 11.6 Å². The Balaban J connectivity index is 1.69. The van der Waals surface area contributed by atoms with E-state index < -0.39 is 0 Å². The number of nitrogens with one attached hydrogen (secondary N) is 2. The van der Waals surface area contributed by atoms with Gasteiger partial charge in [-0.3, -0.25) is 0 Å². The summed E-state index contributed by atoms with van der Waals surface area (Å²) in [5, 5.41) is 15.6. The van der Waals surface area contributed by atoms with Crippen LogP contribution in [0.25, 0.3) is 0 Å². The van der Waals surface area contributed by atoms with Gasteiger partial charge in [0, 0.05) is 17.4 Å². The average Bonchev–Trinajstić information content (AvgIpc) is 2.78. The number of hydrogen-bond acceptors (Lipinski definition) is 6. The second kappa shape index (κ2) is 9.41. The first-order valence-corrected chi connectivity index (χ1v) is 10.7. The third-order valence-electron chi connectivity index (χ3n) is 5.11. The van der Waals surface area contributed by atoms with E-state index in [0.717, 1.165) is 28.3 Å². The number of aromatic nitrogens is 2. The molecule has 0 fully saturated rings. The summed E-state index contributed by atoms with van der Waals surface area (Å²) in [7, 11) is 0. The molecule has 0 amide bonds. The molecule has 0 spiro atoms. The normalized spacial score (nSPS) is 10.4. The van der Waals surface area contributed by atoms with Crippen LogP contribution in [-0.4, -0.2) is 9.97 Å². The number of anilines is 4. The Hall–Kier alpha value is -4.37. The molecule has 4 rings (SSSR count). The molecular formula is C27H25N5O. The van der Waals surface area contributed by atoms with Crippen molar-refractivity contribution in [3.63, 3.8) is 0 Å². The zero-order valence-corrected chi connectivity index (χ0v) is 19.1. The number of rotatable bonds is 6. The van der Waals surface area contributed by atoms with Crippen molar-refractivity contribution in [2.24, 2.45) is 0 Å². The first kappa shape index (κ1) is 21.8. The number of ether oxygens (including phenoxy) is 1. The third-order valence-corrected chi connectivity index (χ3v) is 5.11. The smallest absolute Gasteiger partial charge is 0.232 e. The summed E-state index contributed by atoms with van der Waals surface area (Å²) in [6.45, 7) is 8.16. The van der Waals surface area contributed by atoms with Gasteiger partial charge >= 0.3 is 0 Å². The Morgan fingerprint density at radius 3 is 1.97 bits per heavy atom. The number of hydrogen-bond donors (Lipinski definition) is 2. The molecule has 6 heteroatoms. The minimum absolute atomic E-state index is 0.412. The molecule has 0 bridgehead atoms. The van der Waals surface area contributed by atoms with Crippen LogP contribution in [0.2, 0.25) is 0 Å². The first-order chi connectivity index (χ1) is 15.9. The van der Waals surface area contributed by atoms with Gasteiger partial charge in [0.15, 0.2) is 0 Å². The van der Waals surface area contributed by atoms with Crippen molar-refractivity contribution in [3.8, 4) is 17.7 Å². The van der Waals surface area contributed by atoms with Crippen LogP contribution in [0.4, 0.5) is 23.1 Å². The molecule has 3 aromatic carbocycles. The quantitative estimate of drug-likeness (QED) is 0.344. The lowest BCUT2D eigenvalue weighted by Crippen LogP contribution is -2.03. The van der Waals surface area contributed by atoms with Gasteiger partial charge in [-0.05, 0) is 75.2 Å². The van der Waals surface area contributed by atoms with Crippen molar-refractivity contribution in [3.05, 3.63) is 94.5 Å². The average molecular weight is 436 g/mol. The Labute approximate surface area is 193 Å². The van der Waals surface area contributed by atoms with Gasteiger partial charge in [-0.1, -0.05) is 35.4 Å². The van der Waals surface area contributed by atoms with E-state index in [-0.39, 0.29) is 0 Å². The third kappa shape index (κ3) is 5.46. The van der Waals surface area contributed by atoms with E-state index in [1.54, 1.807) is 18.2 Å². The van der Waals surface area contributed by atoms with Crippen LogP contribution in [0.3, 0.4) is 0 Å². The van der Waals surface area contributed by atoms with Crippen molar-refractivity contribution >= 4 is 23.1 Å². The topological polar surface area (TPSA) is 82.9 Å². The van der Waals surface area contributed by atoms with E-state index in [9.17, 15) is 0 Å². The molecule has 4 aromatic rings. The van der Waals surface area contributed by atoms with Gasteiger partial charge in [0.2, 0.25) is 11.8 Å². The Morgan fingerprint density at radius 2 is 1.33 bits per heavy atom. The molecule has 0 atom stereocenters. The van der Waals surface area contributed by atoms with Crippen molar-refractivity contribution in [2.75, 3.05) is 10.6 Å². The molecule has 164 valence electrons. The lowest BCUT2D eigenvalue weighted by molar-refractivity contribution is 0.456. The number of aryl methyl sites for hydroxylation is 4. The molecule has 0 aliphatic rings. The summed E-state index contributed by atoms with van der Waals surface area (Å²) in [4.78, 5) is 9.20. The van der Waals surface area contributed by atoms with Crippen molar-refractivity contribution in [2.45, 2.75) is 27.7 Å². The Kier molecular flexibility index (Phi) is 6.23. The van der Waals surface area contributed by atoms with E-state index in [1.165, 1.54) is 11.1 Å². The zero-order valence-electron chi connectivity index (χ0n) is 19.1. The van der Waals surface area contributed by atoms with Gasteiger partial charge < -0.3 is 15.4 Å². The molecule has 33 heavy (non-hydrogen) atoms. The van der Waals surface area contributed by atoms with Crippen LogP contribution in [0, 0.1) is 39.0 Å². The van der Waals surface area contributed by atoms with Gasteiger partial charge in [-0.2, -0.15) is 15.2 Å². The van der Waals surface area contributed by atoms with Gasteiger partial charge in [-0.25, -0.2) is 0 Å². The minimum atomic E-state index is 0.412. The molecular weight excluding hydrogens is 410 g/mol. The van der Waals surface area contributed by atoms with Crippen LogP contribution >= 0.6 is 0 Å². The highest BCUT2D eigenvalue weighted by Crippen LogP contribution is 2.31. The maximum Gasteiger partial charge on any atom is 0.232 e. The zero-order chi connectivity index (χ0) is 23.4. The monoisotopic (exact) mass is 435 g/mol. The second-order valence-electron chi connectivity index (χ2n) is 8.05. The summed E-state index contributed by atoms with van der Waals surface area (Å²) in [6.07, 6.45) is 0. The van der Waals surface area contributed by atoms with Gasteiger partial charge in [0.05, 0.1) is 11.6 Å². The maximum atomic E-state index is 9.03. The summed E-state index contributed by atoms with van der Waals surface area (Å²) in [5.74, 6) is 2.19. The van der Waals surface area contributed by atoms with E-state index in [1.807, 2.05) is 57.2 Å². The molecule has 0 radical (unpaired) electrons. The molecule has 0 saturated carbocycles. The standard InChI is InChI=1S/C27H25N5O/c1-17-5-9-23(10-6-17)30-27-31-24(29-22-11-7-21(16-28)8-12-22)15-25(32-27)33-26-19(3)13-18(2)14-20(26)4/h5-15H,1-4H3,(H2,29,30,31,32). The molecule has 0 aliphatic heterocycles. The molecule has 0 saturated heterocycles. The highest BCUT2D eigenvalue weighted by atomic mass is 16.5. The lowest BCUT2D eigenvalue weighted by atomic mass is 10.1. The van der Waals surface area contributed by atoms with E-state index in [2.05, 4.69) is 45.7 Å². The Bertz CT molecular complexity index is 1300. The maximum absolute atomic E-state index is 9.03. The summed E-state index contributed by atoms with van der Waals surface area (Å²) in [5.41, 5.74) is 6.73. The fourth-order valence-electron chi connectivity index (χ4n) is 3.57. The lowest BCUT2D eigenvalue weighted by Gasteiger charge is -2.15. The molecule has 1 aromatic heterocycles. The van der Waals surface area contributed by atoms with E-state index in [4.69, 9.17) is 10.00 Å². The fourth-order valence-corrected chi connectivity index (χ4v) is 3.57. The SMILES string of the molecule is Cc1ccc(Nc2nc(Nc3ccc(C#N)cc3)cc(Oc3c(C)cc(C)cc3C)n2)cc1. The highest BCUT2D eigenvalue weighted by molar-refractivity contribution is 5.62. The molecule has 0 unspecified atom stereocenters. The predicted octanol–water partition coefficient (Wildman–Crippen LogP) is 6.86. The van der Waals surface area contributed by atoms with Crippen LogP contribution in [-0.2, 0) is 0 Å². The molecule has 2 N–H and O–H groups in total. The van der Waals surface area contributed by atoms with Crippen LogP contribution < -0.4 is 15.4 Å². The molecule has 1 heterocycles. The first-order valence-electron chi connectivity index (χ1n) is 10.7. The minimum Gasteiger partial charge on any atom is -0.438 e. The molecule has 0 aliphatic carbocycles. The summed E-state index contributed by atoms with van der Waals surface area (Å²) in [6, 6.07) is 23.3. The van der Waals surface area contributed by atoms with Crippen LogP contribution in [0.1, 0.15) is 27.8 Å². The Morgan fingerprint density at radius 1 is 0.727 bits per heavy atom. The van der Waals surface area contributed by atoms with Gasteiger partial charge in [0.25, 0.3) is 0 Å². The summed E-state index contributed by atoms with van der Waals surface area (Å²) >= 11 is 0. The van der Waals surface area contributed by atoms with E-state index >= 15 is 0 Å². The van der Waals surface area contributed by atoms with Gasteiger partial charge in [0.1, 0.15) is 11.6 Å². The van der Waals surface area contributed by atoms with Crippen molar-refractivity contribution in [1.29, 1.82) is 5.26 Å². The predicted molar refractivity (Wildman–Crippen MR) is 132 cm³/mol. The number of benzene rings is 3. The van der Waals surface area contributed by atoms with Crippen LogP contribution in [0.15, 0.2) is 66.7 Å². The number of nitrogens with zero attached hydrogens (tertiary/aromatic N) is 3. The number of nitriles is 1. The van der Waals surface area contributed by atoms with Gasteiger partial charge in [-0.15, -0.1) is 0 Å². The van der Waals surface area contributed by atoms with E-state index in [0.29, 0.717) is 23.2 Å². The fraction of sp³-hybridized carbons (Fsp3) is 0.148. The second-order valence-corrected chi connectivity index (χ2v) is 8.05. The van der Waals surface area contributed by atoms with Crippen molar-refractivity contribution < 1.29 is 4.74 Å². The highest BCUT2D eigenvalue weighted by Gasteiger charge is 2.12. The molecule has 6 nitrogen and oxygen atoms in total. The largest absolute Gasteiger partial charge is 0.438 e.